The van der Waals surface area contributed by atoms with Gasteiger partial charge in [-0.3, -0.25) is 9.59 Å². The van der Waals surface area contributed by atoms with Crippen molar-refractivity contribution in [2.45, 2.75) is 23.4 Å². The Bertz CT molecular complexity index is 687. The van der Waals surface area contributed by atoms with Crippen molar-refractivity contribution in [1.82, 2.24) is 10.2 Å². The third-order valence-corrected chi connectivity index (χ3v) is 4.86. The number of nitrogens with one attached hydrogen (secondary N) is 3. The third-order valence-electron chi connectivity index (χ3n) is 2.74. The Balaban J connectivity index is 1.91. The summed E-state index contributed by atoms with van der Waals surface area (Å²) in [5.41, 5.74) is 1.36. The summed E-state index contributed by atoms with van der Waals surface area (Å²) < 4.78 is 0.734. The second-order valence-corrected chi connectivity index (χ2v) is 7.20. The SMILES string of the molecule is CNc1nnc(S[C@H](C)C(=O)Nc2ccc(NC(C)=O)cc2)s1. The number of anilines is 3. The molecule has 0 spiro atoms. The van der Waals surface area contributed by atoms with E-state index in [9.17, 15) is 9.59 Å². The summed E-state index contributed by atoms with van der Waals surface area (Å²) in [6.45, 7) is 3.26. The fourth-order valence-electron chi connectivity index (χ4n) is 1.65. The maximum atomic E-state index is 12.2. The molecule has 0 aliphatic carbocycles. The van der Waals surface area contributed by atoms with Gasteiger partial charge in [0.2, 0.25) is 16.9 Å². The van der Waals surface area contributed by atoms with Crippen LogP contribution in [0.15, 0.2) is 28.6 Å². The minimum atomic E-state index is -0.303. The molecule has 3 N–H and O–H groups in total. The number of carbonyl (C=O) groups is 2. The molecule has 0 aliphatic heterocycles. The normalized spacial score (nSPS) is 11.6. The van der Waals surface area contributed by atoms with Crippen LogP contribution < -0.4 is 16.0 Å². The molecule has 0 radical (unpaired) electrons. The quantitative estimate of drug-likeness (QED) is 0.693. The first-order valence-electron chi connectivity index (χ1n) is 6.84. The van der Waals surface area contributed by atoms with Crippen molar-refractivity contribution in [2.24, 2.45) is 0 Å². The van der Waals surface area contributed by atoms with Crippen LogP contribution in [0.5, 0.6) is 0 Å². The average Bonchev–Trinajstić information content (AvgIpc) is 2.96. The van der Waals surface area contributed by atoms with E-state index in [1.165, 1.54) is 30.0 Å². The lowest BCUT2D eigenvalue weighted by Gasteiger charge is -2.11. The maximum absolute atomic E-state index is 12.2. The van der Waals surface area contributed by atoms with Crippen LogP contribution in [-0.4, -0.2) is 34.3 Å². The van der Waals surface area contributed by atoms with Gasteiger partial charge in [-0.25, -0.2) is 0 Å². The van der Waals surface area contributed by atoms with Crippen LogP contribution in [0.3, 0.4) is 0 Å². The van der Waals surface area contributed by atoms with Gasteiger partial charge in [-0.2, -0.15) is 0 Å². The topological polar surface area (TPSA) is 96.0 Å². The predicted octanol–water partition coefficient (Wildman–Crippen LogP) is 2.66. The van der Waals surface area contributed by atoms with Crippen molar-refractivity contribution in [3.8, 4) is 0 Å². The van der Waals surface area contributed by atoms with Crippen molar-refractivity contribution in [3.05, 3.63) is 24.3 Å². The van der Waals surface area contributed by atoms with E-state index in [0.29, 0.717) is 16.5 Å². The van der Waals surface area contributed by atoms with Gasteiger partial charge in [0, 0.05) is 25.3 Å². The smallest absolute Gasteiger partial charge is 0.237 e. The Morgan fingerprint density at radius 2 is 1.74 bits per heavy atom. The van der Waals surface area contributed by atoms with Gasteiger partial charge in [0.25, 0.3) is 0 Å². The lowest BCUT2D eigenvalue weighted by Crippen LogP contribution is -2.22. The molecule has 2 aromatic rings. The molecule has 1 heterocycles. The van der Waals surface area contributed by atoms with Gasteiger partial charge in [-0.05, 0) is 31.2 Å². The molecular formula is C14H17N5O2S2. The lowest BCUT2D eigenvalue weighted by atomic mass is 10.2. The average molecular weight is 351 g/mol. The molecule has 0 fully saturated rings. The van der Waals surface area contributed by atoms with Crippen LogP contribution in [0.4, 0.5) is 16.5 Å². The molecule has 0 saturated heterocycles. The van der Waals surface area contributed by atoms with Crippen LogP contribution in [0.2, 0.25) is 0 Å². The first-order valence-corrected chi connectivity index (χ1v) is 8.54. The van der Waals surface area contributed by atoms with Crippen LogP contribution in [0, 0.1) is 0 Å². The van der Waals surface area contributed by atoms with E-state index < -0.39 is 0 Å². The molecule has 1 aromatic carbocycles. The molecule has 2 rings (SSSR count). The number of hydrogen-bond acceptors (Lipinski definition) is 7. The fourth-order valence-corrected chi connectivity index (χ4v) is 3.50. The van der Waals surface area contributed by atoms with E-state index in [-0.39, 0.29) is 17.1 Å². The number of hydrogen-bond donors (Lipinski definition) is 3. The highest BCUT2D eigenvalue weighted by atomic mass is 32.2. The summed E-state index contributed by atoms with van der Waals surface area (Å²) in [7, 11) is 1.77. The van der Waals surface area contributed by atoms with E-state index in [4.69, 9.17) is 0 Å². The van der Waals surface area contributed by atoms with Gasteiger partial charge < -0.3 is 16.0 Å². The molecular weight excluding hydrogens is 334 g/mol. The molecule has 7 nitrogen and oxygen atoms in total. The molecule has 0 unspecified atom stereocenters. The zero-order valence-corrected chi connectivity index (χ0v) is 14.5. The Kier molecular flexibility index (Phi) is 5.94. The Morgan fingerprint density at radius 1 is 1.13 bits per heavy atom. The van der Waals surface area contributed by atoms with Crippen LogP contribution in [0.25, 0.3) is 0 Å². The number of benzene rings is 1. The molecule has 1 atom stereocenters. The standard InChI is InChI=1S/C14H17N5O2S2/c1-8(22-14-19-18-13(15-3)23-14)12(21)17-11-6-4-10(5-7-11)16-9(2)20/h4-8H,1-3H3,(H,15,18)(H,16,20)(H,17,21)/t8-/m1/s1. The molecule has 0 aliphatic rings. The summed E-state index contributed by atoms with van der Waals surface area (Å²) >= 11 is 2.76. The number of nitrogens with zero attached hydrogens (tertiary/aromatic N) is 2. The molecule has 0 saturated carbocycles. The summed E-state index contributed by atoms with van der Waals surface area (Å²) in [6.07, 6.45) is 0. The van der Waals surface area contributed by atoms with Gasteiger partial charge >= 0.3 is 0 Å². The van der Waals surface area contributed by atoms with Crippen LogP contribution in [-0.2, 0) is 9.59 Å². The first kappa shape index (κ1) is 17.2. The predicted molar refractivity (Wildman–Crippen MR) is 94.2 cm³/mol. The van der Waals surface area contributed by atoms with Gasteiger partial charge in [0.15, 0.2) is 4.34 Å². The minimum absolute atomic E-state index is 0.122. The van der Waals surface area contributed by atoms with Crippen molar-refractivity contribution in [1.29, 1.82) is 0 Å². The van der Waals surface area contributed by atoms with Gasteiger partial charge in [0.05, 0.1) is 5.25 Å². The Morgan fingerprint density at radius 3 is 2.26 bits per heavy atom. The molecule has 122 valence electrons. The number of carbonyl (C=O) groups excluding carboxylic acids is 2. The zero-order valence-electron chi connectivity index (χ0n) is 12.9. The van der Waals surface area contributed by atoms with Crippen molar-refractivity contribution in [2.75, 3.05) is 23.0 Å². The van der Waals surface area contributed by atoms with Crippen LogP contribution in [0.1, 0.15) is 13.8 Å². The second-order valence-electron chi connectivity index (χ2n) is 4.63. The third kappa shape index (κ3) is 5.22. The monoisotopic (exact) mass is 351 g/mol. The number of amides is 2. The van der Waals surface area contributed by atoms with Crippen LogP contribution >= 0.6 is 23.1 Å². The van der Waals surface area contributed by atoms with Gasteiger partial charge in [-0.1, -0.05) is 23.1 Å². The highest BCUT2D eigenvalue weighted by Crippen LogP contribution is 2.29. The first-order chi connectivity index (χ1) is 11.0. The van der Waals surface area contributed by atoms with E-state index >= 15 is 0 Å². The Labute approximate surface area is 142 Å². The number of rotatable bonds is 6. The summed E-state index contributed by atoms with van der Waals surface area (Å²) in [5, 5.41) is 16.8. The number of thioether (sulfide) groups is 1. The largest absolute Gasteiger partial charge is 0.363 e. The zero-order chi connectivity index (χ0) is 16.8. The van der Waals surface area contributed by atoms with Crippen molar-refractivity contribution < 1.29 is 9.59 Å². The van der Waals surface area contributed by atoms with E-state index in [1.807, 2.05) is 6.92 Å². The lowest BCUT2D eigenvalue weighted by molar-refractivity contribution is -0.115. The molecule has 0 bridgehead atoms. The van der Waals surface area contributed by atoms with Crippen molar-refractivity contribution in [3.63, 3.8) is 0 Å². The molecule has 1 aromatic heterocycles. The van der Waals surface area contributed by atoms with Crippen molar-refractivity contribution >= 4 is 51.4 Å². The Hall–Kier alpha value is -2.13. The summed E-state index contributed by atoms with van der Waals surface area (Å²) in [6, 6.07) is 6.95. The van der Waals surface area contributed by atoms with E-state index in [1.54, 1.807) is 31.3 Å². The minimum Gasteiger partial charge on any atom is -0.363 e. The highest BCUT2D eigenvalue weighted by molar-refractivity contribution is 8.02. The fraction of sp³-hybridized carbons (Fsp3) is 0.286. The van der Waals surface area contributed by atoms with E-state index in [0.717, 1.165) is 4.34 Å². The van der Waals surface area contributed by atoms with E-state index in [2.05, 4.69) is 26.1 Å². The summed E-state index contributed by atoms with van der Waals surface area (Å²) in [5.74, 6) is -0.256. The van der Waals surface area contributed by atoms with Gasteiger partial charge in [-0.15, -0.1) is 10.2 Å². The highest BCUT2D eigenvalue weighted by Gasteiger charge is 2.17. The second kappa shape index (κ2) is 7.93. The summed E-state index contributed by atoms with van der Waals surface area (Å²) in [4.78, 5) is 23.2. The number of aromatic nitrogens is 2. The molecule has 9 heteroatoms. The maximum Gasteiger partial charge on any atom is 0.237 e. The molecule has 23 heavy (non-hydrogen) atoms. The molecule has 2 amide bonds. The van der Waals surface area contributed by atoms with Gasteiger partial charge in [0.1, 0.15) is 0 Å².